The molecule has 2 aliphatic rings. The van der Waals surface area contributed by atoms with E-state index < -0.39 is 0 Å². The van der Waals surface area contributed by atoms with Crippen LogP contribution >= 0.6 is 0 Å². The van der Waals surface area contributed by atoms with Crippen LogP contribution in [-0.4, -0.2) is 25.3 Å². The minimum Gasteiger partial charge on any atom is -0.376 e. The van der Waals surface area contributed by atoms with Crippen LogP contribution < -0.4 is 5.32 Å². The largest absolute Gasteiger partial charge is 0.376 e. The first kappa shape index (κ1) is 15.3. The second kappa shape index (κ2) is 8.97. The summed E-state index contributed by atoms with van der Waals surface area (Å²) in [4.78, 5) is 0. The number of ether oxygens (including phenoxy) is 1. The van der Waals surface area contributed by atoms with Gasteiger partial charge in [-0.05, 0) is 44.6 Å². The normalized spacial score (nSPS) is 30.2. The Hall–Kier alpha value is -0.0800. The molecule has 2 saturated carbocycles. The summed E-state index contributed by atoms with van der Waals surface area (Å²) in [7, 11) is 0. The Bertz CT molecular complexity index is 223. The summed E-state index contributed by atoms with van der Waals surface area (Å²) in [5, 5.41) is 3.74. The Morgan fingerprint density at radius 3 is 2.32 bits per heavy atom. The highest BCUT2D eigenvalue weighted by Gasteiger charge is 2.24. The quantitative estimate of drug-likeness (QED) is 0.775. The van der Waals surface area contributed by atoms with Gasteiger partial charge in [0.2, 0.25) is 0 Å². The molecule has 0 radical (unpaired) electrons. The minimum absolute atomic E-state index is 0.479. The maximum atomic E-state index is 6.35. The van der Waals surface area contributed by atoms with Gasteiger partial charge in [0.1, 0.15) is 0 Å². The minimum atomic E-state index is 0.479. The molecule has 0 spiro atoms. The second-order valence-electron chi connectivity index (χ2n) is 6.57. The van der Waals surface area contributed by atoms with Crippen molar-refractivity contribution in [2.75, 3.05) is 13.2 Å². The first-order chi connectivity index (χ1) is 9.40. The van der Waals surface area contributed by atoms with Gasteiger partial charge in [-0.3, -0.25) is 0 Å². The van der Waals surface area contributed by atoms with Crippen molar-refractivity contribution in [2.24, 2.45) is 5.92 Å². The van der Waals surface area contributed by atoms with Crippen molar-refractivity contribution in [2.45, 2.75) is 89.7 Å². The second-order valence-corrected chi connectivity index (χ2v) is 6.57. The van der Waals surface area contributed by atoms with Crippen molar-refractivity contribution in [3.8, 4) is 0 Å². The van der Waals surface area contributed by atoms with Gasteiger partial charge in [0.15, 0.2) is 0 Å². The zero-order valence-electron chi connectivity index (χ0n) is 12.8. The van der Waals surface area contributed by atoms with Crippen molar-refractivity contribution in [3.05, 3.63) is 0 Å². The molecule has 2 heteroatoms. The van der Waals surface area contributed by atoms with Gasteiger partial charge in [-0.1, -0.05) is 45.4 Å². The molecule has 2 unspecified atom stereocenters. The summed E-state index contributed by atoms with van der Waals surface area (Å²) in [5.41, 5.74) is 0. The SMILES string of the molecule is CCCNC1CCCCCCC1OCC1CCCC1. The van der Waals surface area contributed by atoms with Gasteiger partial charge in [-0.25, -0.2) is 0 Å². The first-order valence-electron chi connectivity index (χ1n) is 8.75. The number of rotatable bonds is 6. The number of hydrogen-bond donors (Lipinski definition) is 1. The molecule has 0 aromatic carbocycles. The summed E-state index contributed by atoms with van der Waals surface area (Å²) in [5.74, 6) is 0.859. The monoisotopic (exact) mass is 267 g/mol. The molecular weight excluding hydrogens is 234 g/mol. The van der Waals surface area contributed by atoms with Crippen LogP contribution in [0.3, 0.4) is 0 Å². The molecule has 112 valence electrons. The van der Waals surface area contributed by atoms with Crippen molar-refractivity contribution >= 4 is 0 Å². The summed E-state index contributed by atoms with van der Waals surface area (Å²) in [6.45, 7) is 4.42. The highest BCUT2D eigenvalue weighted by molar-refractivity contribution is 4.80. The van der Waals surface area contributed by atoms with Crippen LogP contribution in [0.15, 0.2) is 0 Å². The topological polar surface area (TPSA) is 21.3 Å². The zero-order chi connectivity index (χ0) is 13.3. The van der Waals surface area contributed by atoms with E-state index in [1.165, 1.54) is 70.6 Å². The molecule has 2 rings (SSSR count). The molecule has 19 heavy (non-hydrogen) atoms. The number of hydrogen-bond acceptors (Lipinski definition) is 2. The van der Waals surface area contributed by atoms with Gasteiger partial charge in [0, 0.05) is 12.6 Å². The van der Waals surface area contributed by atoms with Gasteiger partial charge >= 0.3 is 0 Å². The molecule has 2 atom stereocenters. The fourth-order valence-corrected chi connectivity index (χ4v) is 3.65. The van der Waals surface area contributed by atoms with Crippen molar-refractivity contribution in [1.29, 1.82) is 0 Å². The fourth-order valence-electron chi connectivity index (χ4n) is 3.65. The highest BCUT2D eigenvalue weighted by Crippen LogP contribution is 2.27. The van der Waals surface area contributed by atoms with Gasteiger partial charge in [0.05, 0.1) is 6.10 Å². The molecule has 2 fully saturated rings. The molecule has 0 amide bonds. The summed E-state index contributed by atoms with van der Waals surface area (Å²) < 4.78 is 6.35. The van der Waals surface area contributed by atoms with Gasteiger partial charge < -0.3 is 10.1 Å². The number of nitrogens with one attached hydrogen (secondary N) is 1. The third-order valence-electron chi connectivity index (χ3n) is 4.88. The lowest BCUT2D eigenvalue weighted by atomic mass is 9.94. The van der Waals surface area contributed by atoms with Gasteiger partial charge in [0.25, 0.3) is 0 Å². The molecule has 0 aliphatic heterocycles. The maximum absolute atomic E-state index is 6.35. The molecule has 0 heterocycles. The lowest BCUT2D eigenvalue weighted by Crippen LogP contribution is -2.43. The Labute approximate surface area is 119 Å². The molecule has 0 bridgehead atoms. The average Bonchev–Trinajstić information content (AvgIpc) is 2.90. The van der Waals surface area contributed by atoms with E-state index in [2.05, 4.69) is 12.2 Å². The predicted molar refractivity (Wildman–Crippen MR) is 81.5 cm³/mol. The van der Waals surface area contributed by atoms with E-state index in [1.807, 2.05) is 0 Å². The van der Waals surface area contributed by atoms with Gasteiger partial charge in [-0.15, -0.1) is 0 Å². The van der Waals surface area contributed by atoms with Crippen LogP contribution in [0, 0.1) is 5.92 Å². The maximum Gasteiger partial charge on any atom is 0.0728 e. The zero-order valence-corrected chi connectivity index (χ0v) is 12.8. The molecule has 0 saturated heterocycles. The van der Waals surface area contributed by atoms with E-state index in [0.717, 1.165) is 19.1 Å². The Balaban J connectivity index is 1.79. The highest BCUT2D eigenvalue weighted by atomic mass is 16.5. The fraction of sp³-hybridized carbons (Fsp3) is 1.00. The van der Waals surface area contributed by atoms with Crippen LogP contribution in [0.2, 0.25) is 0 Å². The van der Waals surface area contributed by atoms with Crippen LogP contribution in [0.1, 0.15) is 77.6 Å². The van der Waals surface area contributed by atoms with Crippen LogP contribution in [0.25, 0.3) is 0 Å². The standard InChI is InChI=1S/C17H33NO/c1-2-13-18-16-11-5-3-4-6-12-17(16)19-14-15-9-7-8-10-15/h15-18H,2-14H2,1H3. The van der Waals surface area contributed by atoms with E-state index in [-0.39, 0.29) is 0 Å². The van der Waals surface area contributed by atoms with E-state index in [0.29, 0.717) is 12.1 Å². The lowest BCUT2D eigenvalue weighted by Gasteiger charge is -2.31. The predicted octanol–water partition coefficient (Wildman–Crippen LogP) is 4.28. The molecule has 0 aromatic heterocycles. The third-order valence-corrected chi connectivity index (χ3v) is 4.88. The molecule has 2 nitrogen and oxygen atoms in total. The van der Waals surface area contributed by atoms with Crippen LogP contribution in [0.4, 0.5) is 0 Å². The average molecular weight is 267 g/mol. The molecule has 2 aliphatic carbocycles. The Morgan fingerprint density at radius 1 is 0.895 bits per heavy atom. The van der Waals surface area contributed by atoms with Gasteiger partial charge in [-0.2, -0.15) is 0 Å². The molecule has 1 N–H and O–H groups in total. The summed E-state index contributed by atoms with van der Waals surface area (Å²) in [6.07, 6.45) is 15.5. The molecular formula is C17H33NO. The van der Waals surface area contributed by atoms with E-state index >= 15 is 0 Å². The Morgan fingerprint density at radius 2 is 1.58 bits per heavy atom. The van der Waals surface area contributed by atoms with E-state index in [1.54, 1.807) is 0 Å². The molecule has 0 aromatic rings. The third kappa shape index (κ3) is 5.43. The van der Waals surface area contributed by atoms with E-state index in [9.17, 15) is 0 Å². The lowest BCUT2D eigenvalue weighted by molar-refractivity contribution is -0.00411. The van der Waals surface area contributed by atoms with Crippen molar-refractivity contribution in [3.63, 3.8) is 0 Å². The van der Waals surface area contributed by atoms with Crippen LogP contribution in [0.5, 0.6) is 0 Å². The van der Waals surface area contributed by atoms with Crippen molar-refractivity contribution in [1.82, 2.24) is 5.32 Å². The van der Waals surface area contributed by atoms with E-state index in [4.69, 9.17) is 4.74 Å². The van der Waals surface area contributed by atoms with Crippen LogP contribution in [-0.2, 0) is 4.74 Å². The van der Waals surface area contributed by atoms with Crippen molar-refractivity contribution < 1.29 is 4.74 Å². The first-order valence-corrected chi connectivity index (χ1v) is 8.75. The Kier molecular flexibility index (Phi) is 7.23. The smallest absolute Gasteiger partial charge is 0.0728 e. The summed E-state index contributed by atoms with van der Waals surface area (Å²) >= 11 is 0. The summed E-state index contributed by atoms with van der Waals surface area (Å²) in [6, 6.07) is 0.613.